The fraction of sp³-hybridized carbons (Fsp3) is 0.357. The van der Waals surface area contributed by atoms with Crippen LogP contribution in [0.15, 0.2) is 29.6 Å². The number of para-hydroxylation sites is 1. The molecule has 94 valence electrons. The number of thiazole rings is 1. The Kier molecular flexibility index (Phi) is 3.30. The SMILES string of the molecule is NCCc1csc(C2COc3ccccc3C2)n1. The molecule has 4 heteroatoms. The molecule has 3 nitrogen and oxygen atoms in total. The summed E-state index contributed by atoms with van der Waals surface area (Å²) < 4.78 is 5.80. The number of fused-ring (bicyclic) bond motifs is 1. The molecule has 0 saturated carbocycles. The van der Waals surface area contributed by atoms with E-state index < -0.39 is 0 Å². The highest BCUT2D eigenvalue weighted by Crippen LogP contribution is 2.33. The van der Waals surface area contributed by atoms with Crippen molar-refractivity contribution in [2.45, 2.75) is 18.8 Å². The highest BCUT2D eigenvalue weighted by molar-refractivity contribution is 7.09. The minimum atomic E-state index is 0.386. The van der Waals surface area contributed by atoms with E-state index in [4.69, 9.17) is 10.5 Å². The highest BCUT2D eigenvalue weighted by Gasteiger charge is 2.23. The van der Waals surface area contributed by atoms with Crippen LogP contribution in [0.1, 0.15) is 22.2 Å². The third-order valence-corrected chi connectivity index (χ3v) is 4.25. The quantitative estimate of drug-likeness (QED) is 0.921. The summed E-state index contributed by atoms with van der Waals surface area (Å²) in [7, 11) is 0. The molecule has 1 aliphatic rings. The Balaban J connectivity index is 1.78. The van der Waals surface area contributed by atoms with Gasteiger partial charge < -0.3 is 10.5 Å². The third-order valence-electron chi connectivity index (χ3n) is 3.20. The van der Waals surface area contributed by atoms with E-state index in [1.807, 2.05) is 12.1 Å². The smallest absolute Gasteiger partial charge is 0.122 e. The Morgan fingerprint density at radius 3 is 3.17 bits per heavy atom. The van der Waals surface area contributed by atoms with Gasteiger partial charge in [0.05, 0.1) is 17.3 Å². The van der Waals surface area contributed by atoms with Gasteiger partial charge in [0.1, 0.15) is 5.75 Å². The Morgan fingerprint density at radius 2 is 2.28 bits per heavy atom. The van der Waals surface area contributed by atoms with Crippen LogP contribution in [-0.4, -0.2) is 18.1 Å². The molecule has 1 aliphatic heterocycles. The van der Waals surface area contributed by atoms with Crippen molar-refractivity contribution in [3.63, 3.8) is 0 Å². The molecule has 1 aromatic heterocycles. The van der Waals surface area contributed by atoms with Gasteiger partial charge in [0.25, 0.3) is 0 Å². The Labute approximate surface area is 111 Å². The van der Waals surface area contributed by atoms with E-state index in [-0.39, 0.29) is 0 Å². The summed E-state index contributed by atoms with van der Waals surface area (Å²) in [6.07, 6.45) is 1.88. The zero-order chi connectivity index (χ0) is 12.4. The summed E-state index contributed by atoms with van der Waals surface area (Å²) >= 11 is 1.72. The largest absolute Gasteiger partial charge is 0.493 e. The van der Waals surface area contributed by atoms with Crippen molar-refractivity contribution in [2.75, 3.05) is 13.2 Å². The average Bonchev–Trinajstić information content (AvgIpc) is 2.87. The molecule has 2 N–H and O–H groups in total. The van der Waals surface area contributed by atoms with Crippen LogP contribution in [0.2, 0.25) is 0 Å². The van der Waals surface area contributed by atoms with E-state index in [1.54, 1.807) is 11.3 Å². The summed E-state index contributed by atoms with van der Waals surface area (Å²) in [5.41, 5.74) is 7.94. The summed E-state index contributed by atoms with van der Waals surface area (Å²) in [6.45, 7) is 1.39. The van der Waals surface area contributed by atoms with Crippen molar-refractivity contribution in [1.29, 1.82) is 0 Å². The zero-order valence-corrected chi connectivity index (χ0v) is 11.0. The first-order valence-corrected chi connectivity index (χ1v) is 7.10. The van der Waals surface area contributed by atoms with Crippen LogP contribution >= 0.6 is 11.3 Å². The van der Waals surface area contributed by atoms with Crippen molar-refractivity contribution in [3.8, 4) is 5.75 Å². The minimum Gasteiger partial charge on any atom is -0.493 e. The van der Waals surface area contributed by atoms with E-state index in [1.165, 1.54) is 10.6 Å². The summed E-state index contributed by atoms with van der Waals surface area (Å²) in [5, 5.41) is 3.29. The molecule has 0 aliphatic carbocycles. The van der Waals surface area contributed by atoms with Crippen molar-refractivity contribution >= 4 is 11.3 Å². The molecular formula is C14H16N2OS. The van der Waals surface area contributed by atoms with E-state index >= 15 is 0 Å². The molecule has 0 amide bonds. The van der Waals surface area contributed by atoms with Crippen LogP contribution < -0.4 is 10.5 Å². The van der Waals surface area contributed by atoms with Crippen molar-refractivity contribution < 1.29 is 4.74 Å². The molecule has 2 heterocycles. The molecule has 1 unspecified atom stereocenters. The second kappa shape index (κ2) is 5.08. The Bertz CT molecular complexity index is 538. The molecule has 0 radical (unpaired) electrons. The molecule has 0 saturated heterocycles. The van der Waals surface area contributed by atoms with Crippen molar-refractivity contribution in [2.24, 2.45) is 5.73 Å². The molecule has 2 aromatic rings. The minimum absolute atomic E-state index is 0.386. The number of rotatable bonds is 3. The number of ether oxygens (including phenoxy) is 1. The van der Waals surface area contributed by atoms with E-state index in [9.17, 15) is 0 Å². The van der Waals surface area contributed by atoms with Gasteiger partial charge in [-0.3, -0.25) is 0 Å². The lowest BCUT2D eigenvalue weighted by Crippen LogP contribution is -2.19. The number of nitrogens with zero attached hydrogens (tertiary/aromatic N) is 1. The number of nitrogens with two attached hydrogens (primary N) is 1. The number of benzene rings is 1. The topological polar surface area (TPSA) is 48.1 Å². The van der Waals surface area contributed by atoms with E-state index in [0.717, 1.165) is 30.9 Å². The first-order chi connectivity index (χ1) is 8.86. The molecule has 0 bridgehead atoms. The number of hydrogen-bond acceptors (Lipinski definition) is 4. The Morgan fingerprint density at radius 1 is 1.39 bits per heavy atom. The Hall–Kier alpha value is -1.39. The van der Waals surface area contributed by atoms with Crippen molar-refractivity contribution in [1.82, 2.24) is 4.98 Å². The van der Waals surface area contributed by atoms with Gasteiger partial charge in [0.15, 0.2) is 0 Å². The molecule has 1 atom stereocenters. The van der Waals surface area contributed by atoms with Crippen LogP contribution in [-0.2, 0) is 12.8 Å². The molecule has 0 fully saturated rings. The van der Waals surface area contributed by atoms with Crippen LogP contribution in [0.25, 0.3) is 0 Å². The normalized spacial score (nSPS) is 18.2. The number of aromatic nitrogens is 1. The van der Waals surface area contributed by atoms with Gasteiger partial charge in [-0.05, 0) is 24.6 Å². The molecule has 18 heavy (non-hydrogen) atoms. The van der Waals surface area contributed by atoms with Gasteiger partial charge in [-0.15, -0.1) is 11.3 Å². The monoisotopic (exact) mass is 260 g/mol. The fourth-order valence-electron chi connectivity index (χ4n) is 2.26. The second-order valence-corrected chi connectivity index (χ2v) is 5.43. The maximum Gasteiger partial charge on any atom is 0.122 e. The third kappa shape index (κ3) is 2.26. The standard InChI is InChI=1S/C14H16N2OS/c15-6-5-12-9-18-14(16-12)11-7-10-3-1-2-4-13(10)17-8-11/h1-4,9,11H,5-8,15H2. The summed E-state index contributed by atoms with van der Waals surface area (Å²) in [6, 6.07) is 8.25. The lowest BCUT2D eigenvalue weighted by atomic mass is 9.97. The lowest BCUT2D eigenvalue weighted by Gasteiger charge is -2.23. The first-order valence-electron chi connectivity index (χ1n) is 6.22. The highest BCUT2D eigenvalue weighted by atomic mass is 32.1. The van der Waals surface area contributed by atoms with Gasteiger partial charge in [-0.2, -0.15) is 0 Å². The molecule has 1 aromatic carbocycles. The average molecular weight is 260 g/mol. The van der Waals surface area contributed by atoms with Gasteiger partial charge in [0, 0.05) is 17.7 Å². The first kappa shape index (κ1) is 11.7. The van der Waals surface area contributed by atoms with Crippen LogP contribution in [0.3, 0.4) is 0 Å². The van der Waals surface area contributed by atoms with Gasteiger partial charge in [-0.25, -0.2) is 4.98 Å². The molecule has 0 spiro atoms. The predicted octanol–water partition coefficient (Wildman–Crippen LogP) is 2.36. The zero-order valence-electron chi connectivity index (χ0n) is 10.1. The maximum absolute atomic E-state index is 5.80. The molecular weight excluding hydrogens is 244 g/mol. The summed E-state index contributed by atoms with van der Waals surface area (Å²) in [5.74, 6) is 1.41. The van der Waals surface area contributed by atoms with Crippen LogP contribution in [0, 0.1) is 0 Å². The van der Waals surface area contributed by atoms with Gasteiger partial charge in [-0.1, -0.05) is 18.2 Å². The molecule has 3 rings (SSSR count). The second-order valence-electron chi connectivity index (χ2n) is 4.54. The van der Waals surface area contributed by atoms with E-state index in [2.05, 4.69) is 22.5 Å². The van der Waals surface area contributed by atoms with Crippen LogP contribution in [0.4, 0.5) is 0 Å². The maximum atomic E-state index is 5.80. The predicted molar refractivity (Wildman–Crippen MR) is 73.3 cm³/mol. The van der Waals surface area contributed by atoms with Gasteiger partial charge in [0.2, 0.25) is 0 Å². The lowest BCUT2D eigenvalue weighted by molar-refractivity contribution is 0.262. The number of hydrogen-bond donors (Lipinski definition) is 1. The summed E-state index contributed by atoms with van der Waals surface area (Å²) in [4.78, 5) is 4.66. The fourth-order valence-corrected chi connectivity index (χ4v) is 3.20. The van der Waals surface area contributed by atoms with E-state index in [0.29, 0.717) is 12.5 Å². The van der Waals surface area contributed by atoms with Crippen molar-refractivity contribution in [3.05, 3.63) is 45.9 Å². The van der Waals surface area contributed by atoms with Gasteiger partial charge >= 0.3 is 0 Å². The van der Waals surface area contributed by atoms with Crippen LogP contribution in [0.5, 0.6) is 5.75 Å².